The van der Waals surface area contributed by atoms with Gasteiger partial charge in [0.2, 0.25) is 0 Å². The van der Waals surface area contributed by atoms with Crippen LogP contribution in [-0.4, -0.2) is 4.57 Å². The van der Waals surface area contributed by atoms with Crippen LogP contribution in [0.4, 0.5) is 0 Å². The first-order chi connectivity index (χ1) is 24.1. The lowest BCUT2D eigenvalue weighted by molar-refractivity contribution is 0.701. The minimum Gasteiger partial charge on any atom is -0.378 e. The van der Waals surface area contributed by atoms with E-state index in [-0.39, 0.29) is 6.04 Å². The molecule has 0 aliphatic carbocycles. The second-order valence-corrected chi connectivity index (χ2v) is 12.1. The van der Waals surface area contributed by atoms with Crippen LogP contribution < -0.4 is 5.32 Å². The molecule has 4 nitrogen and oxygen atoms in total. The molecule has 1 aromatic heterocycles. The molecule has 0 saturated heterocycles. The van der Waals surface area contributed by atoms with E-state index in [1.807, 2.05) is 48.5 Å². The topological polar surface area (TPSA) is 64.5 Å². The Labute approximate surface area is 287 Å². The van der Waals surface area contributed by atoms with Crippen molar-refractivity contribution in [1.82, 2.24) is 9.88 Å². The van der Waals surface area contributed by atoms with E-state index >= 15 is 0 Å². The minimum atomic E-state index is 0.131. The van der Waals surface area contributed by atoms with E-state index in [1.165, 1.54) is 5.56 Å². The highest BCUT2D eigenvalue weighted by atomic mass is 15.0. The molecule has 0 aliphatic rings. The normalized spacial score (nSPS) is 12.4. The molecule has 4 heteroatoms. The van der Waals surface area contributed by atoms with Gasteiger partial charge >= 0.3 is 0 Å². The predicted molar refractivity (Wildman–Crippen MR) is 202 cm³/mol. The van der Waals surface area contributed by atoms with Gasteiger partial charge in [0.1, 0.15) is 0 Å². The van der Waals surface area contributed by atoms with Crippen molar-refractivity contribution in [2.45, 2.75) is 19.9 Å². The molecule has 49 heavy (non-hydrogen) atoms. The van der Waals surface area contributed by atoms with Crippen molar-refractivity contribution in [2.75, 3.05) is 0 Å². The molecular weight excluding hydrogens is 597 g/mol. The zero-order chi connectivity index (χ0) is 33.7. The molecular formula is C45H34N4. The summed E-state index contributed by atoms with van der Waals surface area (Å²) in [5, 5.41) is 24.8. The first-order valence-corrected chi connectivity index (χ1v) is 16.4. The van der Waals surface area contributed by atoms with Crippen molar-refractivity contribution in [1.29, 1.82) is 10.5 Å². The van der Waals surface area contributed by atoms with Crippen molar-refractivity contribution in [2.24, 2.45) is 0 Å². The van der Waals surface area contributed by atoms with E-state index in [4.69, 9.17) is 0 Å². The number of fused-ring (bicyclic) bond motifs is 3. The number of benzene rings is 6. The fourth-order valence-corrected chi connectivity index (χ4v) is 6.50. The fraction of sp³-hybridized carbons (Fsp3) is 0.0667. The third-order valence-corrected chi connectivity index (χ3v) is 9.05. The number of aromatic nitrogens is 1. The molecule has 1 heterocycles. The summed E-state index contributed by atoms with van der Waals surface area (Å²) in [5.41, 5.74) is 12.1. The molecule has 0 saturated carbocycles. The SMILES string of the molecule is C/C=C(\C=C(/NC(C)c1ccccc1)c1ccccc1)c1cccc(-c2ccc(-n3c4ccc(C#N)cc4c4cc(C#N)ccc43)cc2)c1. The fourth-order valence-electron chi connectivity index (χ4n) is 6.50. The van der Waals surface area contributed by atoms with Gasteiger partial charge in [-0.15, -0.1) is 0 Å². The molecule has 0 fully saturated rings. The van der Waals surface area contributed by atoms with E-state index in [0.717, 1.165) is 61.0 Å². The summed E-state index contributed by atoms with van der Waals surface area (Å²) in [6, 6.07) is 54.4. The number of hydrogen-bond donors (Lipinski definition) is 1. The molecule has 0 amide bonds. The summed E-state index contributed by atoms with van der Waals surface area (Å²) in [4.78, 5) is 0. The number of nitriles is 2. The zero-order valence-corrected chi connectivity index (χ0v) is 27.4. The standard InChI is InChI=1S/C45H34N4/c1-3-34(28-43(37-13-8-5-9-14-37)48-31(2)35-11-6-4-7-12-35)38-15-10-16-39(27-38)36-19-21-40(22-20-36)49-44-23-17-32(29-46)25-41(44)42-26-33(30-47)18-24-45(42)49/h3-28,31,48H,1-2H3/b34-3+,43-28-. The number of nitrogens with one attached hydrogen (secondary N) is 1. The average Bonchev–Trinajstić information content (AvgIpc) is 3.49. The van der Waals surface area contributed by atoms with Gasteiger partial charge in [-0.25, -0.2) is 0 Å². The first-order valence-electron chi connectivity index (χ1n) is 16.4. The van der Waals surface area contributed by atoms with Gasteiger partial charge < -0.3 is 9.88 Å². The largest absolute Gasteiger partial charge is 0.378 e. The maximum atomic E-state index is 9.56. The summed E-state index contributed by atoms with van der Waals surface area (Å²) in [7, 11) is 0. The quantitative estimate of drug-likeness (QED) is 0.170. The van der Waals surface area contributed by atoms with Crippen LogP contribution >= 0.6 is 0 Å². The lowest BCUT2D eigenvalue weighted by Crippen LogP contribution is -2.17. The van der Waals surface area contributed by atoms with E-state index in [1.54, 1.807) is 0 Å². The maximum Gasteiger partial charge on any atom is 0.0991 e. The molecule has 1 unspecified atom stereocenters. The Morgan fingerprint density at radius 3 is 1.82 bits per heavy atom. The molecule has 0 bridgehead atoms. The van der Waals surface area contributed by atoms with Crippen molar-refractivity contribution in [3.8, 4) is 29.0 Å². The van der Waals surface area contributed by atoms with Crippen molar-refractivity contribution in [3.63, 3.8) is 0 Å². The van der Waals surface area contributed by atoms with Gasteiger partial charge in [-0.2, -0.15) is 10.5 Å². The van der Waals surface area contributed by atoms with E-state index in [9.17, 15) is 10.5 Å². The van der Waals surface area contributed by atoms with E-state index < -0.39 is 0 Å². The van der Waals surface area contributed by atoms with E-state index in [0.29, 0.717) is 11.1 Å². The highest BCUT2D eigenvalue weighted by Crippen LogP contribution is 2.34. The second-order valence-electron chi connectivity index (χ2n) is 12.1. The molecule has 0 spiro atoms. The van der Waals surface area contributed by atoms with Crippen LogP contribution in [0.5, 0.6) is 0 Å². The van der Waals surface area contributed by atoms with Gasteiger partial charge in [0.25, 0.3) is 0 Å². The van der Waals surface area contributed by atoms with Crippen LogP contribution in [0.25, 0.3) is 49.9 Å². The Balaban J connectivity index is 1.23. The summed E-state index contributed by atoms with van der Waals surface area (Å²) >= 11 is 0. The van der Waals surface area contributed by atoms with Crippen LogP contribution in [0.3, 0.4) is 0 Å². The van der Waals surface area contributed by atoms with Crippen LogP contribution in [0.2, 0.25) is 0 Å². The molecule has 6 aromatic carbocycles. The maximum absolute atomic E-state index is 9.56. The first kappa shape index (κ1) is 31.0. The van der Waals surface area contributed by atoms with Gasteiger partial charge in [-0.05, 0) is 108 Å². The van der Waals surface area contributed by atoms with Crippen LogP contribution in [0, 0.1) is 22.7 Å². The molecule has 0 aliphatic heterocycles. The Morgan fingerprint density at radius 1 is 0.633 bits per heavy atom. The van der Waals surface area contributed by atoms with E-state index in [2.05, 4.69) is 145 Å². The number of nitrogens with zero attached hydrogens (tertiary/aromatic N) is 3. The van der Waals surface area contributed by atoms with Crippen LogP contribution in [-0.2, 0) is 0 Å². The Morgan fingerprint density at radius 2 is 1.22 bits per heavy atom. The molecule has 1 N–H and O–H groups in total. The Hall–Kier alpha value is -6.62. The lowest BCUT2D eigenvalue weighted by atomic mass is 9.97. The van der Waals surface area contributed by atoms with Gasteiger partial charge in [0.15, 0.2) is 0 Å². The number of hydrogen-bond acceptors (Lipinski definition) is 3. The molecule has 7 rings (SSSR count). The number of rotatable bonds is 8. The average molecular weight is 631 g/mol. The molecule has 234 valence electrons. The summed E-state index contributed by atoms with van der Waals surface area (Å²) in [6.07, 6.45) is 4.41. The highest BCUT2D eigenvalue weighted by Gasteiger charge is 2.15. The number of allylic oxidation sites excluding steroid dienone is 3. The van der Waals surface area contributed by atoms with Gasteiger partial charge in [-0.1, -0.05) is 97.1 Å². The van der Waals surface area contributed by atoms with Gasteiger partial charge in [0, 0.05) is 28.2 Å². The van der Waals surface area contributed by atoms with Crippen molar-refractivity contribution >= 4 is 33.1 Å². The van der Waals surface area contributed by atoms with Gasteiger partial charge in [0.05, 0.1) is 34.3 Å². The van der Waals surface area contributed by atoms with Crippen molar-refractivity contribution in [3.05, 3.63) is 186 Å². The Bertz CT molecular complexity index is 2360. The van der Waals surface area contributed by atoms with Crippen molar-refractivity contribution < 1.29 is 0 Å². The third kappa shape index (κ3) is 6.24. The lowest BCUT2D eigenvalue weighted by Gasteiger charge is -2.20. The smallest absolute Gasteiger partial charge is 0.0991 e. The molecule has 1 atom stereocenters. The summed E-state index contributed by atoms with van der Waals surface area (Å²) in [5.74, 6) is 0. The van der Waals surface area contributed by atoms with Crippen LogP contribution in [0.15, 0.2) is 158 Å². The predicted octanol–water partition coefficient (Wildman–Crippen LogP) is 11.0. The third-order valence-electron chi connectivity index (χ3n) is 9.05. The monoisotopic (exact) mass is 630 g/mol. The highest BCUT2D eigenvalue weighted by molar-refractivity contribution is 6.10. The summed E-state index contributed by atoms with van der Waals surface area (Å²) in [6.45, 7) is 4.28. The summed E-state index contributed by atoms with van der Waals surface area (Å²) < 4.78 is 2.20. The zero-order valence-electron chi connectivity index (χ0n) is 27.4. The Kier molecular flexibility index (Phi) is 8.62. The molecule has 0 radical (unpaired) electrons. The molecule has 7 aromatic rings. The van der Waals surface area contributed by atoms with Gasteiger partial charge in [-0.3, -0.25) is 0 Å². The second kappa shape index (κ2) is 13.6. The minimum absolute atomic E-state index is 0.131. The van der Waals surface area contributed by atoms with Crippen LogP contribution in [0.1, 0.15) is 47.7 Å².